The summed E-state index contributed by atoms with van der Waals surface area (Å²) in [4.78, 5) is 12.8. The third-order valence-corrected chi connectivity index (χ3v) is 6.82. The van der Waals surface area contributed by atoms with Crippen molar-refractivity contribution in [2.24, 2.45) is 5.10 Å². The van der Waals surface area contributed by atoms with Gasteiger partial charge in [-0.3, -0.25) is 9.80 Å². The molecule has 0 unspecified atom stereocenters. The van der Waals surface area contributed by atoms with E-state index in [1.54, 1.807) is 6.08 Å². The zero-order valence-corrected chi connectivity index (χ0v) is 20.4. The van der Waals surface area contributed by atoms with Crippen LogP contribution in [0.1, 0.15) is 39.5 Å². The second kappa shape index (κ2) is 10.1. The van der Waals surface area contributed by atoms with Gasteiger partial charge in [-0.2, -0.15) is 5.10 Å². The number of carbonyl (C=O) groups is 1. The van der Waals surface area contributed by atoms with Crippen molar-refractivity contribution in [3.05, 3.63) is 156 Å². The number of anilines is 1. The molecule has 1 atom stereocenters. The molecule has 37 heavy (non-hydrogen) atoms. The molecule has 1 aliphatic heterocycles. The van der Waals surface area contributed by atoms with Gasteiger partial charge in [-0.1, -0.05) is 115 Å². The summed E-state index contributed by atoms with van der Waals surface area (Å²) in [5.74, 6) is -0.00406. The zero-order chi connectivity index (χ0) is 25.0. The third-order valence-electron chi connectivity index (χ3n) is 6.82. The first-order chi connectivity index (χ1) is 18.2. The van der Waals surface area contributed by atoms with Crippen LogP contribution in [0.25, 0.3) is 16.8 Å². The monoisotopic (exact) mass is 478 g/mol. The number of hydrazone groups is 1. The number of ketones is 1. The first-order valence-corrected chi connectivity index (χ1v) is 12.5. The molecule has 178 valence electrons. The minimum atomic E-state index is -0.00406. The summed E-state index contributed by atoms with van der Waals surface area (Å²) < 4.78 is 0. The van der Waals surface area contributed by atoms with Crippen LogP contribution in [0.4, 0.5) is 5.69 Å². The number of benzene rings is 5. The van der Waals surface area contributed by atoms with E-state index in [2.05, 4.69) is 71.7 Å². The fraction of sp³-hybridized carbons (Fsp3) is 0.0588. The normalized spacial score (nSPS) is 15.3. The number of hydrogen-bond donors (Lipinski definition) is 0. The molecule has 0 radical (unpaired) electrons. The lowest BCUT2D eigenvalue weighted by atomic mass is 9.98. The van der Waals surface area contributed by atoms with Crippen LogP contribution in [0.5, 0.6) is 0 Å². The van der Waals surface area contributed by atoms with Gasteiger partial charge in [0.2, 0.25) is 0 Å². The zero-order valence-electron chi connectivity index (χ0n) is 20.4. The van der Waals surface area contributed by atoms with E-state index in [0.717, 1.165) is 39.7 Å². The van der Waals surface area contributed by atoms with Crippen LogP contribution in [-0.2, 0) is 0 Å². The summed E-state index contributed by atoms with van der Waals surface area (Å²) in [5, 5.41) is 9.35. The molecule has 0 saturated carbocycles. The van der Waals surface area contributed by atoms with Gasteiger partial charge >= 0.3 is 0 Å². The molecule has 0 aromatic heterocycles. The van der Waals surface area contributed by atoms with Gasteiger partial charge < -0.3 is 0 Å². The second-order valence-electron chi connectivity index (χ2n) is 9.24. The largest absolute Gasteiger partial charge is 0.289 e. The molecule has 0 spiro atoms. The quantitative estimate of drug-likeness (QED) is 0.182. The Bertz CT molecular complexity index is 1600. The highest BCUT2D eigenvalue weighted by molar-refractivity contribution is 6.08. The van der Waals surface area contributed by atoms with Crippen LogP contribution < -0.4 is 5.01 Å². The van der Waals surface area contributed by atoms with Crippen LogP contribution in [0.15, 0.2) is 139 Å². The Morgan fingerprint density at radius 1 is 0.730 bits per heavy atom. The maximum absolute atomic E-state index is 12.8. The smallest absolute Gasteiger partial charge is 0.185 e. The average Bonchev–Trinajstić information content (AvgIpc) is 3.42. The standard InChI is InChI=1S/C34H26N2O/c37-34(30-19-18-26-9-7-8-14-29(26)23-30)22-17-25-15-20-31(21-16-25)36-33(28-12-5-2-6-13-28)24-32(35-36)27-10-3-1-4-11-27/h1-23,33H,24H2/b22-17+/t33-/m1/s1. The van der Waals surface area contributed by atoms with Gasteiger partial charge in [0.1, 0.15) is 0 Å². The minimum Gasteiger partial charge on any atom is -0.289 e. The fourth-order valence-corrected chi connectivity index (χ4v) is 4.84. The van der Waals surface area contributed by atoms with Crippen molar-refractivity contribution >= 4 is 34.0 Å². The first-order valence-electron chi connectivity index (χ1n) is 12.5. The molecular formula is C34H26N2O. The summed E-state index contributed by atoms with van der Waals surface area (Å²) in [6, 6.07) is 43.2. The van der Waals surface area contributed by atoms with E-state index in [-0.39, 0.29) is 11.8 Å². The number of fused-ring (bicyclic) bond motifs is 1. The van der Waals surface area contributed by atoms with E-state index in [4.69, 9.17) is 5.10 Å². The van der Waals surface area contributed by atoms with Gasteiger partial charge in [-0.05, 0) is 51.7 Å². The summed E-state index contributed by atoms with van der Waals surface area (Å²) in [5.41, 5.74) is 6.16. The van der Waals surface area contributed by atoms with Gasteiger partial charge in [0.15, 0.2) is 5.78 Å². The summed E-state index contributed by atoms with van der Waals surface area (Å²) >= 11 is 0. The Labute approximate surface area is 217 Å². The van der Waals surface area contributed by atoms with Crippen molar-refractivity contribution < 1.29 is 4.79 Å². The SMILES string of the molecule is O=C(/C=C/c1ccc(N2N=C(c3ccccc3)C[C@@H]2c2ccccc2)cc1)c1ccc2ccccc2c1. The number of nitrogens with zero attached hydrogens (tertiary/aromatic N) is 2. The van der Waals surface area contributed by atoms with E-state index in [9.17, 15) is 4.79 Å². The highest BCUT2D eigenvalue weighted by atomic mass is 16.1. The molecular weight excluding hydrogens is 452 g/mol. The molecule has 3 heteroatoms. The molecule has 0 saturated heterocycles. The van der Waals surface area contributed by atoms with Crippen molar-refractivity contribution in [2.45, 2.75) is 12.5 Å². The topological polar surface area (TPSA) is 32.7 Å². The van der Waals surface area contributed by atoms with Crippen molar-refractivity contribution in [3.8, 4) is 0 Å². The van der Waals surface area contributed by atoms with Gasteiger partial charge in [0.05, 0.1) is 17.4 Å². The molecule has 6 rings (SSSR count). The molecule has 1 heterocycles. The number of carbonyl (C=O) groups excluding carboxylic acids is 1. The number of hydrogen-bond acceptors (Lipinski definition) is 3. The molecule has 5 aromatic carbocycles. The van der Waals surface area contributed by atoms with Gasteiger partial charge in [-0.15, -0.1) is 0 Å². The predicted molar refractivity (Wildman–Crippen MR) is 153 cm³/mol. The second-order valence-corrected chi connectivity index (χ2v) is 9.24. The number of rotatable bonds is 6. The lowest BCUT2D eigenvalue weighted by Crippen LogP contribution is -2.18. The molecule has 1 aliphatic rings. The molecule has 0 N–H and O–H groups in total. The van der Waals surface area contributed by atoms with Crippen molar-refractivity contribution in [3.63, 3.8) is 0 Å². The van der Waals surface area contributed by atoms with Gasteiger partial charge in [0.25, 0.3) is 0 Å². The highest BCUT2D eigenvalue weighted by Crippen LogP contribution is 2.36. The maximum atomic E-state index is 12.8. The average molecular weight is 479 g/mol. The molecule has 0 aliphatic carbocycles. The van der Waals surface area contributed by atoms with Crippen molar-refractivity contribution in [1.29, 1.82) is 0 Å². The molecule has 3 nitrogen and oxygen atoms in total. The lowest BCUT2D eigenvalue weighted by molar-refractivity contribution is 0.104. The molecule has 5 aromatic rings. The van der Waals surface area contributed by atoms with E-state index in [1.165, 1.54) is 5.56 Å². The van der Waals surface area contributed by atoms with E-state index in [0.29, 0.717) is 5.56 Å². The van der Waals surface area contributed by atoms with E-state index >= 15 is 0 Å². The van der Waals surface area contributed by atoms with Crippen LogP contribution in [0, 0.1) is 0 Å². The van der Waals surface area contributed by atoms with Crippen LogP contribution in [0.2, 0.25) is 0 Å². The Kier molecular flexibility index (Phi) is 6.18. The van der Waals surface area contributed by atoms with Crippen LogP contribution in [0.3, 0.4) is 0 Å². The first kappa shape index (κ1) is 22.7. The van der Waals surface area contributed by atoms with Gasteiger partial charge in [0, 0.05) is 12.0 Å². The predicted octanol–water partition coefficient (Wildman–Crippen LogP) is 8.09. The third kappa shape index (κ3) is 4.85. The van der Waals surface area contributed by atoms with Crippen LogP contribution >= 0.6 is 0 Å². The Morgan fingerprint density at radius 3 is 2.16 bits per heavy atom. The van der Waals surface area contributed by atoms with E-state index < -0.39 is 0 Å². The lowest BCUT2D eigenvalue weighted by Gasteiger charge is -2.24. The maximum Gasteiger partial charge on any atom is 0.185 e. The Morgan fingerprint density at radius 2 is 1.41 bits per heavy atom. The summed E-state index contributed by atoms with van der Waals surface area (Å²) in [7, 11) is 0. The van der Waals surface area contributed by atoms with Crippen molar-refractivity contribution in [1.82, 2.24) is 0 Å². The summed E-state index contributed by atoms with van der Waals surface area (Å²) in [6.07, 6.45) is 4.36. The minimum absolute atomic E-state index is 0.00406. The highest BCUT2D eigenvalue weighted by Gasteiger charge is 2.29. The molecule has 0 amide bonds. The number of allylic oxidation sites excluding steroid dienone is 1. The van der Waals surface area contributed by atoms with Gasteiger partial charge in [-0.25, -0.2) is 0 Å². The summed E-state index contributed by atoms with van der Waals surface area (Å²) in [6.45, 7) is 0. The van der Waals surface area contributed by atoms with Crippen LogP contribution in [-0.4, -0.2) is 11.5 Å². The van der Waals surface area contributed by atoms with E-state index in [1.807, 2.05) is 66.7 Å². The molecule has 0 bridgehead atoms. The Balaban J connectivity index is 1.24. The Hall–Kier alpha value is -4.76. The van der Waals surface area contributed by atoms with Crippen molar-refractivity contribution in [2.75, 3.05) is 5.01 Å². The fourth-order valence-electron chi connectivity index (χ4n) is 4.84. The molecule has 0 fully saturated rings.